The highest BCUT2D eigenvalue weighted by molar-refractivity contribution is 9.10. The highest BCUT2D eigenvalue weighted by Crippen LogP contribution is 2.28. The molecule has 1 aliphatic rings. The fourth-order valence-electron chi connectivity index (χ4n) is 1.45. The molecule has 1 saturated heterocycles. The highest BCUT2D eigenvalue weighted by atomic mass is 79.9. The van der Waals surface area contributed by atoms with E-state index in [0.29, 0.717) is 5.69 Å². The highest BCUT2D eigenvalue weighted by Gasteiger charge is 2.33. The zero-order chi connectivity index (χ0) is 10.9. The minimum atomic E-state index is 0.223. The standard InChI is InChI=1S/C10H14BrN3O/c1-10(5-15-6-10)4-14-9-8(12)2-7(11)3-13-9/h2-3H,4-6,12H2,1H3,(H,13,14). The van der Waals surface area contributed by atoms with Crippen LogP contribution in [0.15, 0.2) is 16.7 Å². The summed E-state index contributed by atoms with van der Waals surface area (Å²) < 4.78 is 6.07. The van der Waals surface area contributed by atoms with Crippen molar-refractivity contribution in [3.8, 4) is 0 Å². The van der Waals surface area contributed by atoms with E-state index in [1.54, 1.807) is 6.20 Å². The first-order valence-electron chi connectivity index (χ1n) is 4.82. The molecule has 4 nitrogen and oxygen atoms in total. The van der Waals surface area contributed by atoms with Crippen molar-refractivity contribution in [2.24, 2.45) is 5.41 Å². The second-order valence-electron chi connectivity index (χ2n) is 4.25. The normalized spacial score (nSPS) is 18.3. The molecular weight excluding hydrogens is 258 g/mol. The van der Waals surface area contributed by atoms with E-state index in [0.717, 1.165) is 30.0 Å². The lowest BCUT2D eigenvalue weighted by Gasteiger charge is -2.38. The van der Waals surface area contributed by atoms with Crippen molar-refractivity contribution in [2.45, 2.75) is 6.92 Å². The molecule has 5 heteroatoms. The van der Waals surface area contributed by atoms with E-state index >= 15 is 0 Å². The molecule has 0 aromatic carbocycles. The summed E-state index contributed by atoms with van der Waals surface area (Å²) in [5, 5.41) is 3.25. The fourth-order valence-corrected chi connectivity index (χ4v) is 1.80. The van der Waals surface area contributed by atoms with Gasteiger partial charge in [0, 0.05) is 22.6 Å². The number of rotatable bonds is 3. The molecule has 1 aromatic heterocycles. The van der Waals surface area contributed by atoms with E-state index in [1.807, 2.05) is 6.07 Å². The maximum atomic E-state index is 5.82. The van der Waals surface area contributed by atoms with Gasteiger partial charge in [0.1, 0.15) is 5.82 Å². The summed E-state index contributed by atoms with van der Waals surface area (Å²) in [5.74, 6) is 0.742. The van der Waals surface area contributed by atoms with E-state index in [4.69, 9.17) is 10.5 Å². The Labute approximate surface area is 97.3 Å². The van der Waals surface area contributed by atoms with Gasteiger partial charge in [-0.3, -0.25) is 0 Å². The molecule has 0 amide bonds. The van der Waals surface area contributed by atoms with Gasteiger partial charge in [0.25, 0.3) is 0 Å². The van der Waals surface area contributed by atoms with Crippen LogP contribution in [-0.4, -0.2) is 24.7 Å². The molecule has 2 heterocycles. The quantitative estimate of drug-likeness (QED) is 0.882. The van der Waals surface area contributed by atoms with Crippen LogP contribution in [0.1, 0.15) is 6.92 Å². The Morgan fingerprint density at radius 2 is 2.40 bits per heavy atom. The number of nitrogens with one attached hydrogen (secondary N) is 1. The van der Waals surface area contributed by atoms with Crippen LogP contribution < -0.4 is 11.1 Å². The third kappa shape index (κ3) is 2.41. The van der Waals surface area contributed by atoms with Crippen LogP contribution in [0, 0.1) is 5.41 Å². The fraction of sp³-hybridized carbons (Fsp3) is 0.500. The molecule has 0 atom stereocenters. The largest absolute Gasteiger partial charge is 0.396 e. The van der Waals surface area contributed by atoms with Gasteiger partial charge in [-0.05, 0) is 22.0 Å². The van der Waals surface area contributed by atoms with Crippen molar-refractivity contribution in [3.63, 3.8) is 0 Å². The third-order valence-electron chi connectivity index (χ3n) is 2.47. The van der Waals surface area contributed by atoms with Crippen molar-refractivity contribution in [3.05, 3.63) is 16.7 Å². The van der Waals surface area contributed by atoms with Crippen LogP contribution in [0.2, 0.25) is 0 Å². The summed E-state index contributed by atoms with van der Waals surface area (Å²) in [6, 6.07) is 1.84. The lowest BCUT2D eigenvalue weighted by Crippen LogP contribution is -2.45. The monoisotopic (exact) mass is 271 g/mol. The zero-order valence-corrected chi connectivity index (χ0v) is 10.2. The van der Waals surface area contributed by atoms with E-state index in [-0.39, 0.29) is 5.41 Å². The predicted octanol–water partition coefficient (Wildman–Crippen LogP) is 1.87. The maximum Gasteiger partial charge on any atom is 0.149 e. The number of ether oxygens (including phenoxy) is 1. The summed E-state index contributed by atoms with van der Waals surface area (Å²) in [7, 11) is 0. The van der Waals surface area contributed by atoms with Crippen LogP contribution in [0.3, 0.4) is 0 Å². The topological polar surface area (TPSA) is 60.2 Å². The Morgan fingerprint density at radius 1 is 1.67 bits per heavy atom. The van der Waals surface area contributed by atoms with E-state index in [9.17, 15) is 0 Å². The predicted molar refractivity (Wildman–Crippen MR) is 63.8 cm³/mol. The smallest absolute Gasteiger partial charge is 0.149 e. The number of nitrogen functional groups attached to an aromatic ring is 1. The van der Waals surface area contributed by atoms with Gasteiger partial charge < -0.3 is 15.8 Å². The molecule has 0 spiro atoms. The number of hydrogen-bond donors (Lipinski definition) is 2. The lowest BCUT2D eigenvalue weighted by atomic mass is 9.89. The summed E-state index contributed by atoms with van der Waals surface area (Å²) in [4.78, 5) is 4.22. The molecule has 15 heavy (non-hydrogen) atoms. The SMILES string of the molecule is CC1(CNc2ncc(Br)cc2N)COC1. The minimum absolute atomic E-state index is 0.223. The molecular formula is C10H14BrN3O. The van der Waals surface area contributed by atoms with Crippen molar-refractivity contribution >= 4 is 27.4 Å². The molecule has 0 saturated carbocycles. The van der Waals surface area contributed by atoms with Gasteiger partial charge in [0.15, 0.2) is 0 Å². The molecule has 0 bridgehead atoms. The number of hydrogen-bond acceptors (Lipinski definition) is 4. The Bertz CT molecular complexity index is 366. The molecule has 1 aromatic rings. The van der Waals surface area contributed by atoms with Gasteiger partial charge in [0.05, 0.1) is 18.9 Å². The Morgan fingerprint density at radius 3 is 2.93 bits per heavy atom. The summed E-state index contributed by atoms with van der Waals surface area (Å²) in [5.41, 5.74) is 6.71. The number of pyridine rings is 1. The third-order valence-corrected chi connectivity index (χ3v) is 2.90. The van der Waals surface area contributed by atoms with Crippen LogP contribution in [0.25, 0.3) is 0 Å². The van der Waals surface area contributed by atoms with Crippen molar-refractivity contribution in [2.75, 3.05) is 30.8 Å². The summed E-state index contributed by atoms with van der Waals surface area (Å²) in [6.45, 7) is 4.62. The number of nitrogens with zero attached hydrogens (tertiary/aromatic N) is 1. The molecule has 3 N–H and O–H groups in total. The maximum absolute atomic E-state index is 5.82. The first-order valence-corrected chi connectivity index (χ1v) is 5.61. The van der Waals surface area contributed by atoms with Crippen LogP contribution >= 0.6 is 15.9 Å². The second kappa shape index (κ2) is 3.98. The van der Waals surface area contributed by atoms with Gasteiger partial charge in [-0.2, -0.15) is 0 Å². The van der Waals surface area contributed by atoms with Crippen molar-refractivity contribution < 1.29 is 4.74 Å². The number of halogens is 1. The summed E-state index contributed by atoms with van der Waals surface area (Å²) >= 11 is 3.32. The van der Waals surface area contributed by atoms with E-state index < -0.39 is 0 Å². The van der Waals surface area contributed by atoms with Gasteiger partial charge >= 0.3 is 0 Å². The lowest BCUT2D eigenvalue weighted by molar-refractivity contribution is -0.0924. The average Bonchev–Trinajstić information content (AvgIpc) is 2.14. The Kier molecular flexibility index (Phi) is 2.84. The second-order valence-corrected chi connectivity index (χ2v) is 5.16. The van der Waals surface area contributed by atoms with Crippen molar-refractivity contribution in [1.29, 1.82) is 0 Å². The van der Waals surface area contributed by atoms with Gasteiger partial charge in [0.2, 0.25) is 0 Å². The Hall–Kier alpha value is -0.810. The molecule has 82 valence electrons. The number of anilines is 2. The molecule has 0 radical (unpaired) electrons. The molecule has 0 unspecified atom stereocenters. The number of nitrogens with two attached hydrogens (primary N) is 1. The van der Waals surface area contributed by atoms with E-state index in [2.05, 4.69) is 33.2 Å². The van der Waals surface area contributed by atoms with Gasteiger partial charge in [-0.1, -0.05) is 6.92 Å². The Balaban J connectivity index is 1.98. The van der Waals surface area contributed by atoms with Crippen LogP contribution in [0.4, 0.5) is 11.5 Å². The number of aromatic nitrogens is 1. The molecule has 0 aliphatic carbocycles. The average molecular weight is 272 g/mol. The molecule has 1 aliphatic heterocycles. The zero-order valence-electron chi connectivity index (χ0n) is 8.59. The first-order chi connectivity index (χ1) is 7.09. The summed E-state index contributed by atoms with van der Waals surface area (Å²) in [6.07, 6.45) is 1.73. The minimum Gasteiger partial charge on any atom is -0.396 e. The molecule has 2 rings (SSSR count). The van der Waals surface area contributed by atoms with Crippen molar-refractivity contribution in [1.82, 2.24) is 4.98 Å². The molecule has 1 fully saturated rings. The van der Waals surface area contributed by atoms with Gasteiger partial charge in [-0.25, -0.2) is 4.98 Å². The van der Waals surface area contributed by atoms with Gasteiger partial charge in [-0.15, -0.1) is 0 Å². The first kappa shape index (κ1) is 10.7. The van der Waals surface area contributed by atoms with Crippen LogP contribution in [-0.2, 0) is 4.74 Å². The van der Waals surface area contributed by atoms with E-state index in [1.165, 1.54) is 0 Å². The van der Waals surface area contributed by atoms with Crippen LogP contribution in [0.5, 0.6) is 0 Å².